The number of carbonyl (C=O) groups is 2. The van der Waals surface area contributed by atoms with E-state index in [1.807, 2.05) is 0 Å². The minimum atomic E-state index is -0.426. The third kappa shape index (κ3) is 3.32. The third-order valence-corrected chi connectivity index (χ3v) is 3.94. The molecule has 2 N–H and O–H groups in total. The molecule has 0 saturated heterocycles. The van der Waals surface area contributed by atoms with E-state index in [9.17, 15) is 9.59 Å². The normalized spacial score (nSPS) is 16.2. The van der Waals surface area contributed by atoms with Crippen molar-refractivity contribution in [3.63, 3.8) is 0 Å². The molecule has 0 saturated carbocycles. The van der Waals surface area contributed by atoms with Gasteiger partial charge in [-0.2, -0.15) is 0 Å². The molecule has 7 heteroatoms. The summed E-state index contributed by atoms with van der Waals surface area (Å²) in [5.74, 6) is 0.0828. The number of hydrazine groups is 1. The molecule has 2 aromatic rings. The zero-order valence-electron chi connectivity index (χ0n) is 12.4. The second-order valence-corrected chi connectivity index (χ2v) is 5.73. The Morgan fingerprint density at radius 2 is 2.09 bits per heavy atom. The summed E-state index contributed by atoms with van der Waals surface area (Å²) in [6, 6.07) is 6.85. The van der Waals surface area contributed by atoms with Gasteiger partial charge in [0, 0.05) is 5.02 Å². The first-order chi connectivity index (χ1) is 11.0. The molecule has 1 atom stereocenters. The van der Waals surface area contributed by atoms with Gasteiger partial charge in [-0.3, -0.25) is 20.4 Å². The highest BCUT2D eigenvalue weighted by molar-refractivity contribution is 6.30. The maximum Gasteiger partial charge on any atom is 0.273 e. The number of rotatable bonds is 2. The number of hydrogen-bond acceptors (Lipinski definition) is 4. The molecule has 2 heterocycles. The van der Waals surface area contributed by atoms with Gasteiger partial charge in [-0.1, -0.05) is 11.6 Å². The van der Waals surface area contributed by atoms with E-state index in [-0.39, 0.29) is 12.5 Å². The summed E-state index contributed by atoms with van der Waals surface area (Å²) in [6.45, 7) is 1.92. The van der Waals surface area contributed by atoms with Crippen LogP contribution < -0.4 is 15.6 Å². The molecule has 1 aromatic heterocycles. The van der Waals surface area contributed by atoms with Crippen molar-refractivity contribution < 1.29 is 18.7 Å². The fourth-order valence-corrected chi connectivity index (χ4v) is 2.63. The van der Waals surface area contributed by atoms with E-state index in [1.54, 1.807) is 31.2 Å². The Balaban J connectivity index is 1.59. The zero-order valence-corrected chi connectivity index (χ0v) is 13.1. The molecule has 120 valence electrons. The Kier molecular flexibility index (Phi) is 4.25. The average Bonchev–Trinajstić information content (AvgIpc) is 2.97. The van der Waals surface area contributed by atoms with Gasteiger partial charge in [0.1, 0.15) is 18.1 Å². The molecule has 3 rings (SSSR count). The van der Waals surface area contributed by atoms with Gasteiger partial charge in [-0.25, -0.2) is 0 Å². The van der Waals surface area contributed by atoms with Gasteiger partial charge in [0.05, 0.1) is 17.7 Å². The van der Waals surface area contributed by atoms with Gasteiger partial charge in [-0.05, 0) is 43.2 Å². The number of ether oxygens (including phenoxy) is 1. The fourth-order valence-electron chi connectivity index (χ4n) is 2.44. The molecule has 1 aliphatic rings. The molecule has 0 unspecified atom stereocenters. The average molecular weight is 335 g/mol. The molecule has 1 aromatic carbocycles. The van der Waals surface area contributed by atoms with Crippen LogP contribution >= 0.6 is 11.6 Å². The summed E-state index contributed by atoms with van der Waals surface area (Å²) in [5, 5.41) is 0.595. The van der Waals surface area contributed by atoms with Crippen LogP contribution in [0.2, 0.25) is 5.02 Å². The van der Waals surface area contributed by atoms with Crippen LogP contribution in [-0.2, 0) is 11.2 Å². The minimum Gasteiger partial charge on any atom is -0.492 e. The highest BCUT2D eigenvalue weighted by Crippen LogP contribution is 2.29. The van der Waals surface area contributed by atoms with Crippen molar-refractivity contribution >= 4 is 23.4 Å². The van der Waals surface area contributed by atoms with Crippen molar-refractivity contribution in [2.75, 3.05) is 6.61 Å². The van der Waals surface area contributed by atoms with E-state index < -0.39 is 11.8 Å². The predicted octanol–water partition coefficient (Wildman–Crippen LogP) is 2.25. The molecule has 1 aliphatic heterocycles. The van der Waals surface area contributed by atoms with Crippen LogP contribution in [0.3, 0.4) is 0 Å². The Morgan fingerprint density at radius 3 is 2.83 bits per heavy atom. The SMILES string of the molecule is Cc1occc1C(=O)NNC(=O)[C@@H]1COc2ccc(Cl)cc2C1. The second-order valence-electron chi connectivity index (χ2n) is 5.30. The molecule has 2 amide bonds. The van der Waals surface area contributed by atoms with Crippen LogP contribution in [0.1, 0.15) is 21.7 Å². The van der Waals surface area contributed by atoms with Gasteiger partial charge >= 0.3 is 0 Å². The summed E-state index contributed by atoms with van der Waals surface area (Å²) in [4.78, 5) is 24.1. The van der Waals surface area contributed by atoms with Crippen LogP contribution in [0.25, 0.3) is 0 Å². The minimum absolute atomic E-state index is 0.251. The number of carbonyl (C=O) groups excluding carboxylic acids is 2. The van der Waals surface area contributed by atoms with E-state index in [2.05, 4.69) is 10.9 Å². The van der Waals surface area contributed by atoms with E-state index in [0.29, 0.717) is 22.8 Å². The largest absolute Gasteiger partial charge is 0.492 e. The highest BCUT2D eigenvalue weighted by atomic mass is 35.5. The monoisotopic (exact) mass is 334 g/mol. The molecular weight excluding hydrogens is 320 g/mol. The number of fused-ring (bicyclic) bond motifs is 1. The van der Waals surface area contributed by atoms with Gasteiger partial charge in [0.15, 0.2) is 0 Å². The molecule has 0 aliphatic carbocycles. The predicted molar refractivity (Wildman–Crippen MR) is 83.2 cm³/mol. The van der Waals surface area contributed by atoms with Gasteiger partial charge in [-0.15, -0.1) is 0 Å². The molecule has 0 radical (unpaired) electrons. The van der Waals surface area contributed by atoms with Crippen LogP contribution in [0, 0.1) is 12.8 Å². The van der Waals surface area contributed by atoms with Crippen molar-refractivity contribution in [1.29, 1.82) is 0 Å². The lowest BCUT2D eigenvalue weighted by Crippen LogP contribution is -2.47. The number of benzene rings is 1. The third-order valence-electron chi connectivity index (χ3n) is 3.70. The lowest BCUT2D eigenvalue weighted by Gasteiger charge is -2.24. The number of aryl methyl sites for hydroxylation is 1. The first kappa shape index (κ1) is 15.4. The lowest BCUT2D eigenvalue weighted by atomic mass is 9.96. The summed E-state index contributed by atoms with van der Waals surface area (Å²) in [5.41, 5.74) is 6.05. The van der Waals surface area contributed by atoms with E-state index >= 15 is 0 Å². The quantitative estimate of drug-likeness (QED) is 0.825. The first-order valence-corrected chi connectivity index (χ1v) is 7.48. The van der Waals surface area contributed by atoms with Crippen LogP contribution in [0.15, 0.2) is 34.9 Å². The lowest BCUT2D eigenvalue weighted by molar-refractivity contribution is -0.127. The molecule has 0 bridgehead atoms. The summed E-state index contributed by atoms with van der Waals surface area (Å²) >= 11 is 5.96. The molecule has 0 spiro atoms. The van der Waals surface area contributed by atoms with E-state index in [1.165, 1.54) is 6.26 Å². The second kappa shape index (κ2) is 6.34. The van der Waals surface area contributed by atoms with Crippen molar-refractivity contribution in [3.8, 4) is 5.75 Å². The topological polar surface area (TPSA) is 80.6 Å². The number of nitrogens with one attached hydrogen (secondary N) is 2. The maximum atomic E-state index is 12.2. The van der Waals surface area contributed by atoms with Crippen molar-refractivity contribution in [2.24, 2.45) is 5.92 Å². The smallest absolute Gasteiger partial charge is 0.273 e. The first-order valence-electron chi connectivity index (χ1n) is 7.10. The number of amides is 2. The number of furan rings is 1. The molecular formula is C16H15ClN2O4. The molecule has 0 fully saturated rings. The fraction of sp³-hybridized carbons (Fsp3) is 0.250. The standard InChI is InChI=1S/C16H15ClN2O4/c1-9-13(4-5-22-9)16(21)19-18-15(20)11-6-10-7-12(17)2-3-14(10)23-8-11/h2-5,7,11H,6,8H2,1H3,(H,18,20)(H,19,21)/t11-/m0/s1. The Hall–Kier alpha value is -2.47. The van der Waals surface area contributed by atoms with Gasteiger partial charge in [0.25, 0.3) is 5.91 Å². The van der Waals surface area contributed by atoms with Crippen molar-refractivity contribution in [3.05, 3.63) is 52.4 Å². The Morgan fingerprint density at radius 1 is 1.26 bits per heavy atom. The van der Waals surface area contributed by atoms with Crippen LogP contribution in [-0.4, -0.2) is 18.4 Å². The van der Waals surface area contributed by atoms with Crippen molar-refractivity contribution in [2.45, 2.75) is 13.3 Å². The van der Waals surface area contributed by atoms with Gasteiger partial charge < -0.3 is 9.15 Å². The van der Waals surface area contributed by atoms with Gasteiger partial charge in [0.2, 0.25) is 5.91 Å². The van der Waals surface area contributed by atoms with E-state index in [0.717, 1.165) is 11.3 Å². The highest BCUT2D eigenvalue weighted by Gasteiger charge is 2.26. The molecule has 6 nitrogen and oxygen atoms in total. The van der Waals surface area contributed by atoms with E-state index in [4.69, 9.17) is 20.8 Å². The Labute approximate surface area is 137 Å². The Bertz CT molecular complexity index is 756. The number of halogens is 1. The van der Waals surface area contributed by atoms with Crippen LogP contribution in [0.5, 0.6) is 5.75 Å². The molecule has 23 heavy (non-hydrogen) atoms. The van der Waals surface area contributed by atoms with Crippen molar-refractivity contribution in [1.82, 2.24) is 10.9 Å². The maximum absolute atomic E-state index is 12.2. The summed E-state index contributed by atoms with van der Waals surface area (Å²) in [6.07, 6.45) is 1.92. The summed E-state index contributed by atoms with van der Waals surface area (Å²) < 4.78 is 10.6. The summed E-state index contributed by atoms with van der Waals surface area (Å²) in [7, 11) is 0. The number of hydrogen-bond donors (Lipinski definition) is 2. The van der Waals surface area contributed by atoms with Crippen LogP contribution in [0.4, 0.5) is 0 Å². The zero-order chi connectivity index (χ0) is 16.4.